The van der Waals surface area contributed by atoms with Gasteiger partial charge in [0.2, 0.25) is 11.8 Å². The smallest absolute Gasteiger partial charge is 0.342 e. The molecule has 0 saturated carbocycles. The Morgan fingerprint density at radius 1 is 1.25 bits per heavy atom. The van der Waals surface area contributed by atoms with Gasteiger partial charge in [0.15, 0.2) is 0 Å². The highest BCUT2D eigenvalue weighted by Crippen LogP contribution is 2.34. The van der Waals surface area contributed by atoms with Gasteiger partial charge < -0.3 is 20.9 Å². The lowest BCUT2D eigenvalue weighted by Crippen LogP contribution is -2.62. The highest BCUT2D eigenvalue weighted by molar-refractivity contribution is 5.98. The van der Waals surface area contributed by atoms with Gasteiger partial charge in [-0.3, -0.25) is 9.59 Å². The summed E-state index contributed by atoms with van der Waals surface area (Å²) >= 11 is 0. The van der Waals surface area contributed by atoms with Gasteiger partial charge >= 0.3 is 12.2 Å². The molecule has 2 saturated heterocycles. The SMILES string of the molecule is CC(C)[C@H]1NC(=O)[C@@H]2C[C@H](NC(=O)Nc3ccccc3C(F)(F)F)CN2C1=O. The number of amides is 4. The van der Waals surface area contributed by atoms with E-state index in [-0.39, 0.29) is 36.4 Å². The number of benzene rings is 1. The highest BCUT2D eigenvalue weighted by atomic mass is 19.4. The second-order valence-corrected chi connectivity index (χ2v) is 7.31. The lowest BCUT2D eigenvalue weighted by Gasteiger charge is -2.36. The van der Waals surface area contributed by atoms with Gasteiger partial charge in [-0.25, -0.2) is 4.79 Å². The number of alkyl halides is 3. The van der Waals surface area contributed by atoms with Crippen LogP contribution < -0.4 is 16.0 Å². The first-order valence-electron chi connectivity index (χ1n) is 8.92. The summed E-state index contributed by atoms with van der Waals surface area (Å²) in [7, 11) is 0. The van der Waals surface area contributed by atoms with Crippen molar-refractivity contribution in [2.75, 3.05) is 11.9 Å². The van der Waals surface area contributed by atoms with Crippen molar-refractivity contribution in [3.05, 3.63) is 29.8 Å². The molecule has 3 atom stereocenters. The van der Waals surface area contributed by atoms with Gasteiger partial charge in [-0.2, -0.15) is 13.2 Å². The molecular weight excluding hydrogens is 377 g/mol. The maximum atomic E-state index is 13.0. The van der Waals surface area contributed by atoms with Crippen molar-refractivity contribution in [2.45, 2.75) is 44.6 Å². The lowest BCUT2D eigenvalue weighted by atomic mass is 9.98. The molecule has 1 aromatic rings. The summed E-state index contributed by atoms with van der Waals surface area (Å²) in [6, 6.07) is 1.99. The second-order valence-electron chi connectivity index (χ2n) is 7.31. The van der Waals surface area contributed by atoms with Crippen LogP contribution in [0.15, 0.2) is 24.3 Å². The first-order chi connectivity index (χ1) is 13.1. The Hall–Kier alpha value is -2.78. The zero-order chi connectivity index (χ0) is 20.6. The molecule has 1 aromatic carbocycles. The molecule has 3 rings (SSSR count). The Labute approximate surface area is 159 Å². The maximum Gasteiger partial charge on any atom is 0.418 e. The molecule has 152 valence electrons. The van der Waals surface area contributed by atoms with Crippen molar-refractivity contribution in [2.24, 2.45) is 5.92 Å². The van der Waals surface area contributed by atoms with Gasteiger partial charge in [0.25, 0.3) is 0 Å². The van der Waals surface area contributed by atoms with E-state index < -0.39 is 35.9 Å². The van der Waals surface area contributed by atoms with Crippen LogP contribution in [0, 0.1) is 5.92 Å². The fourth-order valence-electron chi connectivity index (χ4n) is 3.56. The Morgan fingerprint density at radius 2 is 1.93 bits per heavy atom. The molecule has 7 nitrogen and oxygen atoms in total. The molecule has 2 heterocycles. The molecule has 0 spiro atoms. The predicted octanol–water partition coefficient (Wildman–Crippen LogP) is 1.95. The Morgan fingerprint density at radius 3 is 2.57 bits per heavy atom. The van der Waals surface area contributed by atoms with E-state index in [1.165, 1.54) is 17.0 Å². The highest BCUT2D eigenvalue weighted by Gasteiger charge is 2.47. The summed E-state index contributed by atoms with van der Waals surface area (Å²) in [4.78, 5) is 38.4. The number of halogens is 3. The minimum Gasteiger partial charge on any atom is -0.342 e. The molecule has 0 bridgehead atoms. The molecule has 0 unspecified atom stereocenters. The molecular formula is C18H21F3N4O3. The molecule has 28 heavy (non-hydrogen) atoms. The fourth-order valence-corrected chi connectivity index (χ4v) is 3.56. The van der Waals surface area contributed by atoms with E-state index in [1.54, 1.807) is 0 Å². The van der Waals surface area contributed by atoms with Gasteiger partial charge in [-0.1, -0.05) is 26.0 Å². The third-order valence-electron chi connectivity index (χ3n) is 4.93. The van der Waals surface area contributed by atoms with Gasteiger partial charge in [0.05, 0.1) is 17.3 Å². The first-order valence-corrected chi connectivity index (χ1v) is 8.92. The van der Waals surface area contributed by atoms with E-state index >= 15 is 0 Å². The van der Waals surface area contributed by atoms with E-state index in [1.807, 2.05) is 13.8 Å². The van der Waals surface area contributed by atoms with Crippen LogP contribution in [0.5, 0.6) is 0 Å². The maximum absolute atomic E-state index is 13.0. The second kappa shape index (κ2) is 7.33. The zero-order valence-corrected chi connectivity index (χ0v) is 15.3. The van der Waals surface area contributed by atoms with Crippen LogP contribution in [0.25, 0.3) is 0 Å². The van der Waals surface area contributed by atoms with Crippen molar-refractivity contribution in [1.82, 2.24) is 15.5 Å². The number of carbonyl (C=O) groups is 3. The van der Waals surface area contributed by atoms with Crippen LogP contribution in [-0.2, 0) is 15.8 Å². The lowest BCUT2D eigenvalue weighted by molar-refractivity contribution is -0.148. The number of piperazine rings is 1. The number of para-hydroxylation sites is 1. The van der Waals surface area contributed by atoms with Gasteiger partial charge in [-0.05, 0) is 24.5 Å². The standard InChI is InChI=1S/C18H21F3N4O3/c1-9(2)14-16(27)25-8-10(7-13(25)15(26)24-14)22-17(28)23-12-6-4-3-5-11(12)18(19,20)21/h3-6,9-10,13-14H,7-8H2,1-2H3,(H,24,26)(H2,22,23,28)/t10-,13-,14+/m0/s1. The summed E-state index contributed by atoms with van der Waals surface area (Å²) in [5.41, 5.74) is -1.32. The van der Waals surface area contributed by atoms with E-state index in [0.717, 1.165) is 12.1 Å². The van der Waals surface area contributed by atoms with E-state index in [0.29, 0.717) is 0 Å². The summed E-state index contributed by atoms with van der Waals surface area (Å²) in [6.07, 6.45) is -4.40. The monoisotopic (exact) mass is 398 g/mol. The Kier molecular flexibility index (Phi) is 5.22. The van der Waals surface area contributed by atoms with Crippen LogP contribution in [-0.4, -0.2) is 47.4 Å². The zero-order valence-electron chi connectivity index (χ0n) is 15.3. The molecule has 4 amide bonds. The number of hydrogen-bond donors (Lipinski definition) is 3. The van der Waals surface area contributed by atoms with Gasteiger partial charge in [0.1, 0.15) is 12.1 Å². The van der Waals surface area contributed by atoms with Crippen LogP contribution in [0.4, 0.5) is 23.7 Å². The van der Waals surface area contributed by atoms with Crippen molar-refractivity contribution >= 4 is 23.5 Å². The topological polar surface area (TPSA) is 90.5 Å². The molecule has 2 aliphatic rings. The quantitative estimate of drug-likeness (QED) is 0.727. The first kappa shape index (κ1) is 20.0. The minimum atomic E-state index is -4.60. The minimum absolute atomic E-state index is 0.0772. The average molecular weight is 398 g/mol. The van der Waals surface area contributed by atoms with Crippen molar-refractivity contribution < 1.29 is 27.6 Å². The van der Waals surface area contributed by atoms with Crippen LogP contribution >= 0.6 is 0 Å². The van der Waals surface area contributed by atoms with E-state index in [9.17, 15) is 27.6 Å². The summed E-state index contributed by atoms with van der Waals surface area (Å²) < 4.78 is 39.1. The summed E-state index contributed by atoms with van der Waals surface area (Å²) in [5, 5.41) is 7.45. The van der Waals surface area contributed by atoms with Crippen molar-refractivity contribution in [1.29, 1.82) is 0 Å². The number of hydrogen-bond acceptors (Lipinski definition) is 3. The number of fused-ring (bicyclic) bond motifs is 1. The van der Waals surface area contributed by atoms with Crippen LogP contribution in [0.2, 0.25) is 0 Å². The number of nitrogens with zero attached hydrogens (tertiary/aromatic N) is 1. The third-order valence-corrected chi connectivity index (χ3v) is 4.93. The molecule has 0 aromatic heterocycles. The van der Waals surface area contributed by atoms with Crippen LogP contribution in [0.3, 0.4) is 0 Å². The average Bonchev–Trinajstić information content (AvgIpc) is 3.02. The van der Waals surface area contributed by atoms with Crippen molar-refractivity contribution in [3.8, 4) is 0 Å². The van der Waals surface area contributed by atoms with E-state index in [2.05, 4.69) is 16.0 Å². The normalized spacial score (nSPS) is 24.8. The largest absolute Gasteiger partial charge is 0.418 e. The number of urea groups is 1. The summed E-state index contributed by atoms with van der Waals surface area (Å²) in [6.45, 7) is 3.77. The molecule has 2 fully saturated rings. The number of nitrogens with one attached hydrogen (secondary N) is 3. The van der Waals surface area contributed by atoms with Gasteiger partial charge in [-0.15, -0.1) is 0 Å². The fraction of sp³-hybridized carbons (Fsp3) is 0.500. The molecule has 0 aliphatic carbocycles. The van der Waals surface area contributed by atoms with Gasteiger partial charge in [0, 0.05) is 6.54 Å². The molecule has 0 radical (unpaired) electrons. The Bertz CT molecular complexity index is 797. The third kappa shape index (κ3) is 3.90. The number of anilines is 1. The van der Waals surface area contributed by atoms with Crippen molar-refractivity contribution in [3.63, 3.8) is 0 Å². The van der Waals surface area contributed by atoms with Crippen LogP contribution in [0.1, 0.15) is 25.8 Å². The number of carbonyl (C=O) groups excluding carboxylic acids is 3. The van der Waals surface area contributed by atoms with E-state index in [4.69, 9.17) is 0 Å². The number of rotatable bonds is 3. The molecule has 10 heteroatoms. The summed E-state index contributed by atoms with van der Waals surface area (Å²) in [5.74, 6) is -0.580. The molecule has 3 N–H and O–H groups in total. The molecule has 2 aliphatic heterocycles. The Balaban J connectivity index is 1.66. The predicted molar refractivity (Wildman–Crippen MR) is 94.3 cm³/mol.